The summed E-state index contributed by atoms with van der Waals surface area (Å²) < 4.78 is 27.4. The maximum absolute atomic E-state index is 13.6. The number of benzene rings is 2. The molecule has 12 nitrogen and oxygen atoms in total. The van der Waals surface area contributed by atoms with E-state index in [1.165, 1.54) is 45.4 Å². The highest BCUT2D eigenvalue weighted by Crippen LogP contribution is 2.46. The van der Waals surface area contributed by atoms with Gasteiger partial charge in [-0.2, -0.15) is 0 Å². The minimum Gasteiger partial charge on any atom is -0.508 e. The number of methoxy groups -OCH3 is 2. The lowest BCUT2D eigenvalue weighted by Gasteiger charge is -2.42. The van der Waals surface area contributed by atoms with E-state index >= 15 is 0 Å². The highest BCUT2D eigenvalue weighted by atomic mass is 16.7. The van der Waals surface area contributed by atoms with Crippen LogP contribution in [0.15, 0.2) is 24.3 Å². The Morgan fingerprint density at radius 1 is 0.886 bits per heavy atom. The SMILES string of the molecule is COc1cc(O)cc2c1C(=O)[C@H](O[C@@H]1O[C@H](C)[C@@H](O)[C@@H](O)[C@@H]1O)[C@@H](c1cc(O)c(OC)c(O)c1)O2. The molecule has 1 saturated heterocycles. The molecule has 0 spiro atoms. The Balaban J connectivity index is 1.80. The van der Waals surface area contributed by atoms with Crippen molar-refractivity contribution >= 4 is 5.78 Å². The van der Waals surface area contributed by atoms with E-state index in [-0.39, 0.29) is 34.1 Å². The van der Waals surface area contributed by atoms with Gasteiger partial charge in [0.1, 0.15) is 41.1 Å². The zero-order valence-electron chi connectivity index (χ0n) is 19.0. The maximum atomic E-state index is 13.6. The molecule has 2 aliphatic heterocycles. The molecule has 0 aromatic heterocycles. The number of aromatic hydroxyl groups is 3. The summed E-state index contributed by atoms with van der Waals surface area (Å²) in [6, 6.07) is 4.78. The molecule has 0 radical (unpaired) electrons. The lowest BCUT2D eigenvalue weighted by atomic mass is 9.91. The Hall–Kier alpha value is -3.29. The number of ketones is 1. The van der Waals surface area contributed by atoms with Crippen molar-refractivity contribution in [3.63, 3.8) is 0 Å². The molecular formula is C23H26O12. The van der Waals surface area contributed by atoms with Crippen molar-refractivity contribution in [1.29, 1.82) is 0 Å². The van der Waals surface area contributed by atoms with Crippen LogP contribution in [0.1, 0.15) is 28.9 Å². The van der Waals surface area contributed by atoms with Gasteiger partial charge in [-0.05, 0) is 19.1 Å². The van der Waals surface area contributed by atoms with Gasteiger partial charge in [-0.3, -0.25) is 4.79 Å². The van der Waals surface area contributed by atoms with Crippen LogP contribution in [-0.4, -0.2) is 87.5 Å². The summed E-state index contributed by atoms with van der Waals surface area (Å²) in [5.41, 5.74) is 0.0264. The van der Waals surface area contributed by atoms with Gasteiger partial charge in [-0.25, -0.2) is 0 Å². The molecule has 0 bridgehead atoms. The number of rotatable bonds is 5. The average Bonchev–Trinajstić information content (AvgIpc) is 2.81. The molecule has 12 heteroatoms. The third-order valence-electron chi connectivity index (χ3n) is 6.00. The first-order chi connectivity index (χ1) is 16.6. The first kappa shape index (κ1) is 24.8. The van der Waals surface area contributed by atoms with Crippen molar-refractivity contribution in [2.75, 3.05) is 14.2 Å². The Bertz CT molecular complexity index is 1090. The molecule has 1 fully saturated rings. The zero-order valence-corrected chi connectivity index (χ0v) is 19.0. The largest absolute Gasteiger partial charge is 0.508 e. The molecule has 0 unspecified atom stereocenters. The van der Waals surface area contributed by atoms with E-state index in [1.807, 2.05) is 0 Å². The number of hydrogen-bond donors (Lipinski definition) is 6. The summed E-state index contributed by atoms with van der Waals surface area (Å²) in [6.07, 6.45) is -10.1. The van der Waals surface area contributed by atoms with E-state index in [0.29, 0.717) is 0 Å². The zero-order chi connectivity index (χ0) is 25.6. The van der Waals surface area contributed by atoms with Crippen LogP contribution in [0.4, 0.5) is 0 Å². The number of Topliss-reactive ketones (excluding diaryl/α,β-unsaturated/α-hetero) is 1. The van der Waals surface area contributed by atoms with Crippen LogP contribution in [-0.2, 0) is 9.47 Å². The summed E-state index contributed by atoms with van der Waals surface area (Å²) >= 11 is 0. The Labute approximate surface area is 199 Å². The smallest absolute Gasteiger partial charge is 0.203 e. The number of ether oxygens (including phenoxy) is 5. The summed E-state index contributed by atoms with van der Waals surface area (Å²) in [5, 5.41) is 61.2. The predicted octanol–water partition coefficient (Wildman–Crippen LogP) is 0.350. The van der Waals surface area contributed by atoms with Gasteiger partial charge in [-0.15, -0.1) is 0 Å². The van der Waals surface area contributed by atoms with Crippen LogP contribution in [0.3, 0.4) is 0 Å². The van der Waals surface area contributed by atoms with Crippen LogP contribution in [0.5, 0.6) is 34.5 Å². The van der Waals surface area contributed by atoms with Gasteiger partial charge in [0.15, 0.2) is 30.0 Å². The molecule has 2 aliphatic rings. The number of fused-ring (bicyclic) bond motifs is 1. The van der Waals surface area contributed by atoms with E-state index in [1.54, 1.807) is 0 Å². The quantitative estimate of drug-likeness (QED) is 0.336. The number of hydrogen-bond acceptors (Lipinski definition) is 12. The maximum Gasteiger partial charge on any atom is 0.203 e. The number of carbonyl (C=O) groups is 1. The van der Waals surface area contributed by atoms with Crippen molar-refractivity contribution in [3.05, 3.63) is 35.4 Å². The second kappa shape index (κ2) is 9.40. The van der Waals surface area contributed by atoms with Crippen LogP contribution in [0, 0.1) is 0 Å². The minimum absolute atomic E-state index is 0.00795. The summed E-state index contributed by atoms with van der Waals surface area (Å²) in [5.74, 6) is -2.09. The molecule has 0 saturated carbocycles. The van der Waals surface area contributed by atoms with Gasteiger partial charge in [-0.1, -0.05) is 0 Å². The van der Waals surface area contributed by atoms with E-state index < -0.39 is 60.2 Å². The number of phenols is 3. The summed E-state index contributed by atoms with van der Waals surface area (Å²) in [6.45, 7) is 1.45. The molecule has 35 heavy (non-hydrogen) atoms. The minimum atomic E-state index is -1.71. The molecule has 7 atom stereocenters. The van der Waals surface area contributed by atoms with Gasteiger partial charge in [0, 0.05) is 17.7 Å². The van der Waals surface area contributed by atoms with E-state index in [9.17, 15) is 35.4 Å². The number of aliphatic hydroxyl groups excluding tert-OH is 3. The van der Waals surface area contributed by atoms with E-state index in [4.69, 9.17) is 23.7 Å². The molecule has 2 aromatic carbocycles. The van der Waals surface area contributed by atoms with Crippen LogP contribution >= 0.6 is 0 Å². The Morgan fingerprint density at radius 2 is 1.54 bits per heavy atom. The van der Waals surface area contributed by atoms with Crippen molar-refractivity contribution in [3.8, 4) is 34.5 Å². The standard InChI is InChI=1S/C23H26O12/c1-8-16(27)18(29)19(30)23(33-8)35-22-17(28)15-13(31-2)6-10(24)7-14(15)34-20(22)9-4-11(25)21(32-3)12(26)5-9/h4-8,16,18-20,22-27,29-30H,1-3H3/t8-,16-,18-,19+,20-,22+,23+/m1/s1. The van der Waals surface area contributed by atoms with Crippen molar-refractivity contribution in [1.82, 2.24) is 0 Å². The van der Waals surface area contributed by atoms with Gasteiger partial charge in [0.05, 0.1) is 20.3 Å². The first-order valence-corrected chi connectivity index (χ1v) is 10.6. The fourth-order valence-corrected chi connectivity index (χ4v) is 4.19. The van der Waals surface area contributed by atoms with Crippen molar-refractivity contribution in [2.24, 2.45) is 0 Å². The molecule has 6 N–H and O–H groups in total. The highest BCUT2D eigenvalue weighted by Gasteiger charge is 2.48. The second-order valence-corrected chi connectivity index (χ2v) is 8.25. The molecule has 2 aromatic rings. The predicted molar refractivity (Wildman–Crippen MR) is 116 cm³/mol. The normalized spacial score (nSPS) is 30.3. The van der Waals surface area contributed by atoms with E-state index in [2.05, 4.69) is 0 Å². The molecule has 190 valence electrons. The summed E-state index contributed by atoms with van der Waals surface area (Å²) in [4.78, 5) is 13.6. The highest BCUT2D eigenvalue weighted by molar-refractivity contribution is 6.06. The molecule has 4 rings (SSSR count). The third kappa shape index (κ3) is 4.30. The number of phenolic OH excluding ortho intramolecular Hbond substituents is 3. The molecule has 0 aliphatic carbocycles. The molecule has 0 amide bonds. The van der Waals surface area contributed by atoms with Gasteiger partial charge in [0.25, 0.3) is 0 Å². The third-order valence-corrected chi connectivity index (χ3v) is 6.00. The molecular weight excluding hydrogens is 468 g/mol. The topological polar surface area (TPSA) is 185 Å². The van der Waals surface area contributed by atoms with Gasteiger partial charge in [0.2, 0.25) is 11.5 Å². The van der Waals surface area contributed by atoms with Crippen LogP contribution < -0.4 is 14.2 Å². The van der Waals surface area contributed by atoms with Gasteiger partial charge >= 0.3 is 0 Å². The average molecular weight is 494 g/mol. The van der Waals surface area contributed by atoms with Crippen LogP contribution in [0.2, 0.25) is 0 Å². The Kier molecular flexibility index (Phi) is 6.66. The Morgan fingerprint density at radius 3 is 2.14 bits per heavy atom. The lowest BCUT2D eigenvalue weighted by molar-refractivity contribution is -0.304. The fraction of sp³-hybridized carbons (Fsp3) is 0.435. The van der Waals surface area contributed by atoms with Gasteiger partial charge < -0.3 is 54.3 Å². The van der Waals surface area contributed by atoms with Crippen LogP contribution in [0.25, 0.3) is 0 Å². The fourth-order valence-electron chi connectivity index (χ4n) is 4.19. The number of carbonyl (C=O) groups excluding carboxylic acids is 1. The molecule has 2 heterocycles. The second-order valence-electron chi connectivity index (χ2n) is 8.25. The summed E-state index contributed by atoms with van der Waals surface area (Å²) in [7, 11) is 2.53. The van der Waals surface area contributed by atoms with Crippen molar-refractivity contribution < 1.29 is 59.1 Å². The lowest BCUT2D eigenvalue weighted by Crippen LogP contribution is -2.59. The van der Waals surface area contributed by atoms with Crippen molar-refractivity contribution in [2.45, 2.75) is 49.8 Å². The monoisotopic (exact) mass is 494 g/mol. The van der Waals surface area contributed by atoms with E-state index in [0.717, 1.165) is 0 Å². The number of aliphatic hydroxyl groups is 3. The first-order valence-electron chi connectivity index (χ1n) is 10.6.